The van der Waals surface area contributed by atoms with E-state index >= 15 is 0 Å². The molecular weight excluding hydrogens is 354 g/mol. The Morgan fingerprint density at radius 1 is 1.15 bits per heavy atom. The van der Waals surface area contributed by atoms with Gasteiger partial charge in [-0.3, -0.25) is 4.72 Å². The maximum Gasteiger partial charge on any atom is 0.339 e. The second kappa shape index (κ2) is 8.66. The molecule has 1 heterocycles. The molecule has 0 bridgehead atoms. The lowest BCUT2D eigenvalue weighted by molar-refractivity contribution is 0.0697. The number of carboxylic acids is 1. The van der Waals surface area contributed by atoms with Gasteiger partial charge in [0, 0.05) is 13.1 Å². The monoisotopic (exact) mass is 377 g/mol. The Kier molecular flexibility index (Phi) is 6.57. The number of anilines is 2. The zero-order valence-corrected chi connectivity index (χ0v) is 15.7. The molecule has 2 N–H and O–H groups in total. The van der Waals surface area contributed by atoms with Crippen LogP contribution in [-0.2, 0) is 10.0 Å². The van der Waals surface area contributed by atoms with Crippen molar-refractivity contribution in [2.45, 2.75) is 31.6 Å². The van der Waals surface area contributed by atoms with Crippen LogP contribution in [0.1, 0.15) is 37.0 Å². The van der Waals surface area contributed by atoms with E-state index in [2.05, 4.69) is 9.71 Å². The highest BCUT2D eigenvalue weighted by Crippen LogP contribution is 2.24. The van der Waals surface area contributed by atoms with Crippen LogP contribution in [0.25, 0.3) is 0 Å². The van der Waals surface area contributed by atoms with Crippen LogP contribution in [0.2, 0.25) is 0 Å². The molecule has 0 radical (unpaired) electrons. The number of aromatic carboxylic acids is 1. The van der Waals surface area contributed by atoms with Gasteiger partial charge in [-0.15, -0.1) is 0 Å². The molecule has 7 nitrogen and oxygen atoms in total. The molecule has 0 amide bonds. The Labute approximate surface area is 153 Å². The van der Waals surface area contributed by atoms with Crippen molar-refractivity contribution in [3.8, 4) is 0 Å². The highest BCUT2D eigenvalue weighted by Gasteiger charge is 2.20. The fourth-order valence-corrected chi connectivity index (χ4v) is 3.66. The Balaban J connectivity index is 2.37. The van der Waals surface area contributed by atoms with Gasteiger partial charge in [0.2, 0.25) is 0 Å². The van der Waals surface area contributed by atoms with Crippen molar-refractivity contribution in [3.63, 3.8) is 0 Å². The molecule has 8 heteroatoms. The number of nitrogens with zero attached hydrogens (tertiary/aromatic N) is 2. The third-order valence-corrected chi connectivity index (χ3v) is 5.09. The minimum absolute atomic E-state index is 0.0276. The average molecular weight is 377 g/mol. The maximum atomic E-state index is 12.4. The van der Waals surface area contributed by atoms with Gasteiger partial charge < -0.3 is 10.0 Å². The summed E-state index contributed by atoms with van der Waals surface area (Å²) in [6, 6.07) is 9.19. The number of carbonyl (C=O) groups is 1. The van der Waals surface area contributed by atoms with Gasteiger partial charge in [0.25, 0.3) is 10.0 Å². The zero-order chi connectivity index (χ0) is 19.2. The lowest BCUT2D eigenvalue weighted by Gasteiger charge is -2.24. The normalized spacial score (nSPS) is 11.2. The Morgan fingerprint density at radius 2 is 1.77 bits per heavy atom. The fraction of sp³-hybridized carbons (Fsp3) is 0.333. The highest BCUT2D eigenvalue weighted by atomic mass is 32.2. The molecule has 0 unspecified atom stereocenters. The molecule has 0 saturated heterocycles. The number of sulfonamides is 1. The number of rotatable bonds is 9. The van der Waals surface area contributed by atoms with Gasteiger partial charge in [0.05, 0.1) is 16.8 Å². The van der Waals surface area contributed by atoms with Gasteiger partial charge in [-0.25, -0.2) is 18.2 Å². The van der Waals surface area contributed by atoms with Gasteiger partial charge in [0.15, 0.2) is 0 Å². The molecule has 140 valence electrons. The molecule has 1 aromatic carbocycles. The summed E-state index contributed by atoms with van der Waals surface area (Å²) in [6.07, 6.45) is 3.05. The number of pyridine rings is 1. The van der Waals surface area contributed by atoms with Crippen LogP contribution < -0.4 is 9.62 Å². The van der Waals surface area contributed by atoms with E-state index in [1.54, 1.807) is 18.2 Å². The summed E-state index contributed by atoms with van der Waals surface area (Å²) < 4.78 is 27.2. The number of hydrogen-bond acceptors (Lipinski definition) is 5. The number of benzene rings is 1. The summed E-state index contributed by atoms with van der Waals surface area (Å²) in [5.41, 5.74) is 0.0862. The van der Waals surface area contributed by atoms with Crippen LogP contribution >= 0.6 is 0 Å². The van der Waals surface area contributed by atoms with Gasteiger partial charge in [-0.2, -0.15) is 0 Å². The van der Waals surface area contributed by atoms with Crippen molar-refractivity contribution in [2.75, 3.05) is 22.7 Å². The fourth-order valence-electron chi connectivity index (χ4n) is 2.60. The minimum Gasteiger partial charge on any atom is -0.478 e. The molecule has 0 aliphatic heterocycles. The molecule has 0 fully saturated rings. The van der Waals surface area contributed by atoms with E-state index in [1.807, 2.05) is 18.7 Å². The molecule has 0 atom stereocenters. The summed E-state index contributed by atoms with van der Waals surface area (Å²) in [5, 5.41) is 9.55. The van der Waals surface area contributed by atoms with Crippen molar-refractivity contribution in [1.29, 1.82) is 0 Å². The van der Waals surface area contributed by atoms with E-state index in [9.17, 15) is 18.3 Å². The third kappa shape index (κ3) is 4.72. The van der Waals surface area contributed by atoms with Gasteiger partial charge >= 0.3 is 5.97 Å². The third-order valence-electron chi connectivity index (χ3n) is 3.69. The quantitative estimate of drug-likeness (QED) is 0.696. The number of nitrogens with one attached hydrogen (secondary N) is 1. The topological polar surface area (TPSA) is 99.6 Å². The maximum absolute atomic E-state index is 12.4. The Morgan fingerprint density at radius 3 is 2.31 bits per heavy atom. The van der Waals surface area contributed by atoms with Gasteiger partial charge in [0.1, 0.15) is 11.4 Å². The van der Waals surface area contributed by atoms with E-state index in [-0.39, 0.29) is 16.1 Å². The van der Waals surface area contributed by atoms with Crippen LogP contribution in [-0.4, -0.2) is 37.6 Å². The first kappa shape index (κ1) is 19.7. The van der Waals surface area contributed by atoms with Crippen LogP contribution in [0.15, 0.2) is 47.5 Å². The summed E-state index contributed by atoms with van der Waals surface area (Å²) in [4.78, 5) is 17.9. The molecule has 2 aromatic rings. The smallest absolute Gasteiger partial charge is 0.339 e. The molecule has 1 aromatic heterocycles. The second-order valence-corrected chi connectivity index (χ2v) is 7.49. The first-order valence-corrected chi connectivity index (χ1v) is 9.93. The summed E-state index contributed by atoms with van der Waals surface area (Å²) in [6.45, 7) is 5.36. The van der Waals surface area contributed by atoms with E-state index < -0.39 is 16.0 Å². The van der Waals surface area contributed by atoms with E-state index in [0.717, 1.165) is 12.8 Å². The molecule has 0 aliphatic rings. The Hall–Kier alpha value is -2.61. The molecule has 0 saturated carbocycles. The summed E-state index contributed by atoms with van der Waals surface area (Å²) >= 11 is 0. The van der Waals surface area contributed by atoms with Crippen LogP contribution in [0.4, 0.5) is 11.5 Å². The molecule has 0 spiro atoms. The first-order chi connectivity index (χ1) is 12.4. The van der Waals surface area contributed by atoms with Crippen LogP contribution in [0, 0.1) is 0 Å². The number of carboxylic acid groups (broad SMARTS) is 1. The van der Waals surface area contributed by atoms with Crippen molar-refractivity contribution in [2.24, 2.45) is 0 Å². The lowest BCUT2D eigenvalue weighted by Crippen LogP contribution is -2.28. The first-order valence-electron chi connectivity index (χ1n) is 8.45. The SMILES string of the molecule is CCCN(CCC)c1ncc(NS(=O)(=O)c2ccccc2)cc1C(=O)O. The van der Waals surface area contributed by atoms with E-state index in [4.69, 9.17) is 0 Å². The van der Waals surface area contributed by atoms with E-state index in [1.165, 1.54) is 24.4 Å². The summed E-state index contributed by atoms with van der Waals surface area (Å²) in [7, 11) is -3.81. The number of hydrogen-bond donors (Lipinski definition) is 2. The van der Waals surface area contributed by atoms with Crippen molar-refractivity contribution in [1.82, 2.24) is 4.98 Å². The molecular formula is C18H23N3O4S. The van der Waals surface area contributed by atoms with E-state index in [0.29, 0.717) is 18.9 Å². The molecule has 0 aliphatic carbocycles. The number of aromatic nitrogens is 1. The molecule has 2 rings (SSSR count). The van der Waals surface area contributed by atoms with Crippen LogP contribution in [0.3, 0.4) is 0 Å². The van der Waals surface area contributed by atoms with Gasteiger partial charge in [-0.1, -0.05) is 32.0 Å². The molecule has 26 heavy (non-hydrogen) atoms. The zero-order valence-electron chi connectivity index (χ0n) is 14.8. The standard InChI is InChI=1S/C18H23N3O4S/c1-3-10-21(11-4-2)17-16(18(22)23)12-14(13-19-17)20-26(24,25)15-8-6-5-7-9-15/h5-9,12-13,20H,3-4,10-11H2,1-2H3,(H,22,23). The predicted octanol–water partition coefficient (Wildman–Crippen LogP) is 3.21. The second-order valence-electron chi connectivity index (χ2n) is 5.81. The van der Waals surface area contributed by atoms with Gasteiger partial charge in [-0.05, 0) is 31.0 Å². The van der Waals surface area contributed by atoms with Crippen LogP contribution in [0.5, 0.6) is 0 Å². The Bertz CT molecular complexity index is 848. The highest BCUT2D eigenvalue weighted by molar-refractivity contribution is 7.92. The van der Waals surface area contributed by atoms with Crippen molar-refractivity contribution >= 4 is 27.5 Å². The minimum atomic E-state index is -3.81. The van der Waals surface area contributed by atoms with Crippen molar-refractivity contribution < 1.29 is 18.3 Å². The lowest BCUT2D eigenvalue weighted by atomic mass is 10.2. The summed E-state index contributed by atoms with van der Waals surface area (Å²) in [5.74, 6) is -0.797. The average Bonchev–Trinajstić information content (AvgIpc) is 2.62. The largest absolute Gasteiger partial charge is 0.478 e. The predicted molar refractivity (Wildman–Crippen MR) is 101 cm³/mol. The van der Waals surface area contributed by atoms with Crippen molar-refractivity contribution in [3.05, 3.63) is 48.2 Å².